The fourth-order valence-electron chi connectivity index (χ4n) is 3.44. The molecule has 2 rings (SSSR count). The van der Waals surface area contributed by atoms with Crippen molar-refractivity contribution in [3.8, 4) is 0 Å². The lowest BCUT2D eigenvalue weighted by molar-refractivity contribution is -0.135. The van der Waals surface area contributed by atoms with Gasteiger partial charge in [-0.15, -0.1) is 0 Å². The molecular weight excluding hydrogens is 346 g/mol. The molecule has 0 aromatic heterocycles. The molecule has 0 spiro atoms. The van der Waals surface area contributed by atoms with E-state index in [4.69, 9.17) is 4.74 Å². The molecule has 0 saturated carbocycles. The third-order valence-electron chi connectivity index (χ3n) is 4.89. The van der Waals surface area contributed by atoms with Gasteiger partial charge in [0.1, 0.15) is 0 Å². The molecule has 0 unspecified atom stereocenters. The SMILES string of the molecule is C/C=C/[C@H](CCOCc1ccccc1)N(C(=O)CCC)[C@H](C)c1ccccc1. The fourth-order valence-corrected chi connectivity index (χ4v) is 3.44. The Balaban J connectivity index is 2.08. The van der Waals surface area contributed by atoms with Gasteiger partial charge in [0, 0.05) is 13.0 Å². The van der Waals surface area contributed by atoms with E-state index in [2.05, 4.69) is 44.2 Å². The van der Waals surface area contributed by atoms with E-state index < -0.39 is 0 Å². The van der Waals surface area contributed by atoms with Gasteiger partial charge in [0.15, 0.2) is 0 Å². The topological polar surface area (TPSA) is 29.5 Å². The van der Waals surface area contributed by atoms with Crippen LogP contribution in [-0.2, 0) is 16.1 Å². The molecule has 1 amide bonds. The first-order valence-electron chi connectivity index (χ1n) is 10.3. The van der Waals surface area contributed by atoms with E-state index in [1.165, 1.54) is 5.56 Å². The molecule has 2 aromatic rings. The van der Waals surface area contributed by atoms with Gasteiger partial charge in [-0.25, -0.2) is 0 Å². The number of benzene rings is 2. The van der Waals surface area contributed by atoms with Crippen molar-refractivity contribution in [1.82, 2.24) is 4.90 Å². The average molecular weight is 380 g/mol. The lowest BCUT2D eigenvalue weighted by Crippen LogP contribution is -2.41. The zero-order chi connectivity index (χ0) is 20.2. The molecule has 0 saturated heterocycles. The van der Waals surface area contributed by atoms with Crippen molar-refractivity contribution >= 4 is 5.91 Å². The summed E-state index contributed by atoms with van der Waals surface area (Å²) < 4.78 is 5.90. The number of rotatable bonds is 11. The van der Waals surface area contributed by atoms with Crippen molar-refractivity contribution in [1.29, 1.82) is 0 Å². The molecule has 0 aliphatic carbocycles. The zero-order valence-electron chi connectivity index (χ0n) is 17.4. The van der Waals surface area contributed by atoms with Crippen molar-refractivity contribution in [3.63, 3.8) is 0 Å². The maximum absolute atomic E-state index is 13.0. The molecule has 3 nitrogen and oxygen atoms in total. The van der Waals surface area contributed by atoms with Crippen molar-refractivity contribution in [2.75, 3.05) is 6.61 Å². The number of ether oxygens (including phenoxy) is 1. The number of hydrogen-bond donors (Lipinski definition) is 0. The monoisotopic (exact) mass is 379 g/mol. The summed E-state index contributed by atoms with van der Waals surface area (Å²) >= 11 is 0. The highest BCUT2D eigenvalue weighted by molar-refractivity contribution is 5.77. The highest BCUT2D eigenvalue weighted by Crippen LogP contribution is 2.26. The summed E-state index contributed by atoms with van der Waals surface area (Å²) in [5.41, 5.74) is 2.33. The van der Waals surface area contributed by atoms with E-state index in [1.54, 1.807) is 0 Å². The summed E-state index contributed by atoms with van der Waals surface area (Å²) in [5, 5.41) is 0. The molecule has 0 bridgehead atoms. The molecule has 0 fully saturated rings. The van der Waals surface area contributed by atoms with Crippen LogP contribution in [0.2, 0.25) is 0 Å². The molecule has 150 valence electrons. The van der Waals surface area contributed by atoms with Crippen LogP contribution in [-0.4, -0.2) is 23.5 Å². The molecule has 0 N–H and O–H groups in total. The number of nitrogens with zero attached hydrogens (tertiary/aromatic N) is 1. The van der Waals surface area contributed by atoms with Crippen LogP contribution in [0.5, 0.6) is 0 Å². The van der Waals surface area contributed by atoms with E-state index in [9.17, 15) is 4.79 Å². The van der Waals surface area contributed by atoms with E-state index in [1.807, 2.05) is 54.3 Å². The zero-order valence-corrected chi connectivity index (χ0v) is 17.4. The second-order valence-corrected chi connectivity index (χ2v) is 7.06. The van der Waals surface area contributed by atoms with Crippen LogP contribution in [0.4, 0.5) is 0 Å². The minimum absolute atomic E-state index is 0.0232. The van der Waals surface area contributed by atoms with Gasteiger partial charge in [0.05, 0.1) is 18.7 Å². The second kappa shape index (κ2) is 12.1. The predicted octanol–water partition coefficient (Wildman–Crippen LogP) is 5.93. The Kier molecular flexibility index (Phi) is 9.50. The first kappa shape index (κ1) is 21.9. The second-order valence-electron chi connectivity index (χ2n) is 7.06. The van der Waals surface area contributed by atoms with Gasteiger partial charge in [-0.1, -0.05) is 79.7 Å². The van der Waals surface area contributed by atoms with Crippen LogP contribution in [0.25, 0.3) is 0 Å². The quantitative estimate of drug-likeness (QED) is 0.358. The standard InChI is InChI=1S/C25H33NO2/c1-4-12-24(18-19-28-20-22-14-8-6-9-15-22)26(25(27)13-5-2)21(3)23-16-10-7-11-17-23/h4,6-12,14-17,21,24H,5,13,18-20H2,1-3H3/b12-4+/t21-,24-/m1/s1. The first-order chi connectivity index (χ1) is 13.7. The van der Waals surface area contributed by atoms with Crippen molar-refractivity contribution < 1.29 is 9.53 Å². The summed E-state index contributed by atoms with van der Waals surface area (Å²) in [4.78, 5) is 15.0. The smallest absolute Gasteiger partial charge is 0.223 e. The molecule has 0 aliphatic heterocycles. The third-order valence-corrected chi connectivity index (χ3v) is 4.89. The Hall–Kier alpha value is -2.39. The normalized spacial score (nSPS) is 13.4. The largest absolute Gasteiger partial charge is 0.377 e. The molecule has 0 heterocycles. The first-order valence-corrected chi connectivity index (χ1v) is 10.3. The summed E-state index contributed by atoms with van der Waals surface area (Å²) in [6, 6.07) is 20.5. The highest BCUT2D eigenvalue weighted by atomic mass is 16.5. The minimum Gasteiger partial charge on any atom is -0.377 e. The highest BCUT2D eigenvalue weighted by Gasteiger charge is 2.26. The lowest BCUT2D eigenvalue weighted by atomic mass is 10.0. The van der Waals surface area contributed by atoms with Gasteiger partial charge in [-0.05, 0) is 37.8 Å². The minimum atomic E-state index is 0.0232. The summed E-state index contributed by atoms with van der Waals surface area (Å²) in [5.74, 6) is 0.199. The van der Waals surface area contributed by atoms with Crippen LogP contribution in [0, 0.1) is 0 Å². The fraction of sp³-hybridized carbons (Fsp3) is 0.400. The Morgan fingerprint density at radius 2 is 1.71 bits per heavy atom. The Bertz CT molecular complexity index is 712. The number of carbonyl (C=O) groups is 1. The van der Waals surface area contributed by atoms with E-state index in [0.29, 0.717) is 19.6 Å². The maximum Gasteiger partial charge on any atom is 0.223 e. The van der Waals surface area contributed by atoms with Crippen molar-refractivity contribution in [2.45, 2.75) is 58.7 Å². The molecule has 2 atom stereocenters. The maximum atomic E-state index is 13.0. The van der Waals surface area contributed by atoms with Crippen molar-refractivity contribution in [3.05, 3.63) is 83.9 Å². The lowest BCUT2D eigenvalue weighted by Gasteiger charge is -2.36. The van der Waals surface area contributed by atoms with Gasteiger partial charge in [-0.2, -0.15) is 0 Å². The Labute approximate surface area is 170 Å². The van der Waals surface area contributed by atoms with Crippen LogP contribution in [0.1, 0.15) is 57.2 Å². The number of hydrogen-bond acceptors (Lipinski definition) is 2. The average Bonchev–Trinajstić information content (AvgIpc) is 2.73. The Morgan fingerprint density at radius 3 is 2.32 bits per heavy atom. The van der Waals surface area contributed by atoms with Gasteiger partial charge in [0.25, 0.3) is 0 Å². The van der Waals surface area contributed by atoms with E-state index in [0.717, 1.165) is 18.4 Å². The van der Waals surface area contributed by atoms with Crippen LogP contribution >= 0.6 is 0 Å². The number of allylic oxidation sites excluding steroid dienone is 1. The van der Waals surface area contributed by atoms with Gasteiger partial charge < -0.3 is 9.64 Å². The van der Waals surface area contributed by atoms with E-state index in [-0.39, 0.29) is 18.0 Å². The molecule has 0 radical (unpaired) electrons. The predicted molar refractivity (Wildman–Crippen MR) is 116 cm³/mol. The van der Waals surface area contributed by atoms with Crippen LogP contribution < -0.4 is 0 Å². The number of carbonyl (C=O) groups excluding carboxylic acids is 1. The summed E-state index contributed by atoms with van der Waals surface area (Å²) in [6.07, 6.45) is 6.36. The number of amides is 1. The Morgan fingerprint density at radius 1 is 1.07 bits per heavy atom. The summed E-state index contributed by atoms with van der Waals surface area (Å²) in [6.45, 7) is 7.39. The van der Waals surface area contributed by atoms with Crippen molar-refractivity contribution in [2.24, 2.45) is 0 Å². The molecule has 3 heteroatoms. The van der Waals surface area contributed by atoms with Gasteiger partial charge in [-0.3, -0.25) is 4.79 Å². The third kappa shape index (κ3) is 6.65. The summed E-state index contributed by atoms with van der Waals surface area (Å²) in [7, 11) is 0. The van der Waals surface area contributed by atoms with E-state index >= 15 is 0 Å². The molecule has 0 aliphatic rings. The van der Waals surface area contributed by atoms with Crippen LogP contribution in [0.15, 0.2) is 72.8 Å². The molecule has 28 heavy (non-hydrogen) atoms. The van der Waals surface area contributed by atoms with Gasteiger partial charge in [0.2, 0.25) is 5.91 Å². The molecular formula is C25H33NO2. The van der Waals surface area contributed by atoms with Gasteiger partial charge >= 0.3 is 0 Å². The molecule has 2 aromatic carbocycles. The van der Waals surface area contributed by atoms with Crippen LogP contribution in [0.3, 0.4) is 0 Å².